The molecule has 0 aliphatic heterocycles. The fourth-order valence-electron chi connectivity index (χ4n) is 2.66. The number of carbonyl (C=O) groups is 2. The van der Waals surface area contributed by atoms with Crippen LogP contribution in [0, 0.1) is 5.92 Å². The highest BCUT2D eigenvalue weighted by Gasteiger charge is 2.41. The first-order chi connectivity index (χ1) is 9.55. The van der Waals surface area contributed by atoms with Crippen LogP contribution in [-0.4, -0.2) is 23.9 Å². The molecule has 2 N–H and O–H groups in total. The average Bonchev–Trinajstić information content (AvgIpc) is 2.47. The third kappa shape index (κ3) is 4.50. The van der Waals surface area contributed by atoms with Crippen molar-refractivity contribution in [2.45, 2.75) is 77.7 Å². The van der Waals surface area contributed by atoms with Crippen molar-refractivity contribution in [3.63, 3.8) is 0 Å². The molecule has 0 bridgehead atoms. The van der Waals surface area contributed by atoms with Crippen LogP contribution in [0.1, 0.15) is 72.1 Å². The quantitative estimate of drug-likeness (QED) is 0.705. The van der Waals surface area contributed by atoms with Crippen LogP contribution in [0.25, 0.3) is 0 Å². The van der Waals surface area contributed by atoms with Gasteiger partial charge in [-0.3, -0.25) is 9.59 Å². The number of carbonyl (C=O) groups excluding carboxylic acids is 2. The topological polar surface area (TPSA) is 58.2 Å². The van der Waals surface area contributed by atoms with Gasteiger partial charge < -0.3 is 10.6 Å². The third-order valence-corrected chi connectivity index (χ3v) is 4.38. The molecule has 20 heavy (non-hydrogen) atoms. The number of rotatable bonds is 7. The van der Waals surface area contributed by atoms with E-state index in [0.29, 0.717) is 6.54 Å². The van der Waals surface area contributed by atoms with E-state index in [4.69, 9.17) is 0 Å². The summed E-state index contributed by atoms with van der Waals surface area (Å²) in [6.45, 7) is 6.73. The fraction of sp³-hybridized carbons (Fsp3) is 0.875. The van der Waals surface area contributed by atoms with Gasteiger partial charge in [-0.15, -0.1) is 0 Å². The molecule has 4 heteroatoms. The molecule has 0 spiro atoms. The summed E-state index contributed by atoms with van der Waals surface area (Å²) >= 11 is 0. The molecule has 0 aromatic carbocycles. The highest BCUT2D eigenvalue weighted by atomic mass is 16.2. The Labute approximate surface area is 123 Å². The summed E-state index contributed by atoms with van der Waals surface area (Å²) in [5, 5.41) is 6.06. The predicted octanol–water partition coefficient (Wildman–Crippen LogP) is 2.77. The highest BCUT2D eigenvalue weighted by Crippen LogP contribution is 2.29. The van der Waals surface area contributed by atoms with Crippen LogP contribution in [0.3, 0.4) is 0 Å². The van der Waals surface area contributed by atoms with Crippen LogP contribution in [-0.2, 0) is 9.59 Å². The van der Waals surface area contributed by atoms with Crippen molar-refractivity contribution in [3.8, 4) is 0 Å². The Morgan fingerprint density at radius 3 is 2.35 bits per heavy atom. The number of unbranched alkanes of at least 4 members (excludes halogenated alkanes) is 1. The maximum atomic E-state index is 12.5. The standard InChI is InChI=1S/C16H30N2O2/c1-4-6-12-17-15(20)16(10-8-7-9-11-16)18-14(19)13(3)5-2/h13H,4-12H2,1-3H3,(H,17,20)(H,18,19). The molecule has 1 saturated carbocycles. The minimum Gasteiger partial charge on any atom is -0.354 e. The summed E-state index contributed by atoms with van der Waals surface area (Å²) < 4.78 is 0. The summed E-state index contributed by atoms with van der Waals surface area (Å²) in [6.07, 6.45) is 7.58. The van der Waals surface area contributed by atoms with Crippen molar-refractivity contribution < 1.29 is 9.59 Å². The lowest BCUT2D eigenvalue weighted by Crippen LogP contribution is -2.60. The number of hydrogen-bond donors (Lipinski definition) is 2. The molecule has 0 saturated heterocycles. The van der Waals surface area contributed by atoms with Gasteiger partial charge in [0.15, 0.2) is 0 Å². The van der Waals surface area contributed by atoms with E-state index in [1.165, 1.54) is 0 Å². The van der Waals surface area contributed by atoms with Crippen LogP contribution < -0.4 is 10.6 Å². The predicted molar refractivity (Wildman–Crippen MR) is 81.3 cm³/mol. The van der Waals surface area contributed by atoms with Gasteiger partial charge in [0.05, 0.1) is 0 Å². The van der Waals surface area contributed by atoms with Crippen molar-refractivity contribution in [1.82, 2.24) is 10.6 Å². The molecule has 1 aliphatic rings. The maximum absolute atomic E-state index is 12.5. The summed E-state index contributed by atoms with van der Waals surface area (Å²) in [5.41, 5.74) is -0.660. The smallest absolute Gasteiger partial charge is 0.245 e. The minimum atomic E-state index is -0.660. The molecule has 1 atom stereocenters. The first kappa shape index (κ1) is 17.0. The van der Waals surface area contributed by atoms with E-state index in [2.05, 4.69) is 17.6 Å². The van der Waals surface area contributed by atoms with Gasteiger partial charge in [-0.25, -0.2) is 0 Å². The monoisotopic (exact) mass is 282 g/mol. The number of hydrogen-bond acceptors (Lipinski definition) is 2. The Morgan fingerprint density at radius 1 is 1.15 bits per heavy atom. The average molecular weight is 282 g/mol. The van der Waals surface area contributed by atoms with Crippen molar-refractivity contribution >= 4 is 11.8 Å². The second-order valence-corrected chi connectivity index (χ2v) is 6.05. The Morgan fingerprint density at radius 2 is 1.80 bits per heavy atom. The zero-order chi connectivity index (χ0) is 15.0. The van der Waals surface area contributed by atoms with Gasteiger partial charge in [0.2, 0.25) is 11.8 Å². The molecule has 0 aromatic rings. The lowest BCUT2D eigenvalue weighted by atomic mass is 9.80. The van der Waals surface area contributed by atoms with Crippen molar-refractivity contribution in [1.29, 1.82) is 0 Å². The summed E-state index contributed by atoms with van der Waals surface area (Å²) in [5.74, 6) is -0.000382. The fourth-order valence-corrected chi connectivity index (χ4v) is 2.66. The van der Waals surface area contributed by atoms with E-state index in [-0.39, 0.29) is 17.7 Å². The molecular formula is C16H30N2O2. The van der Waals surface area contributed by atoms with Gasteiger partial charge in [-0.2, -0.15) is 0 Å². The number of amides is 2. The molecule has 1 fully saturated rings. The van der Waals surface area contributed by atoms with E-state index in [1.54, 1.807) is 0 Å². The maximum Gasteiger partial charge on any atom is 0.245 e. The highest BCUT2D eigenvalue weighted by molar-refractivity contribution is 5.92. The Balaban J connectivity index is 2.70. The largest absolute Gasteiger partial charge is 0.354 e. The Bertz CT molecular complexity index is 322. The van der Waals surface area contributed by atoms with Gasteiger partial charge in [0.25, 0.3) is 0 Å². The first-order valence-electron chi connectivity index (χ1n) is 8.16. The van der Waals surface area contributed by atoms with E-state index in [1.807, 2.05) is 13.8 Å². The zero-order valence-electron chi connectivity index (χ0n) is 13.3. The van der Waals surface area contributed by atoms with Crippen LogP contribution in [0.5, 0.6) is 0 Å². The van der Waals surface area contributed by atoms with Gasteiger partial charge >= 0.3 is 0 Å². The minimum absolute atomic E-state index is 0.0139. The van der Waals surface area contributed by atoms with E-state index < -0.39 is 5.54 Å². The SMILES string of the molecule is CCCCNC(=O)C1(NC(=O)C(C)CC)CCCCC1. The van der Waals surface area contributed by atoms with E-state index in [0.717, 1.165) is 51.4 Å². The molecule has 1 unspecified atom stereocenters. The van der Waals surface area contributed by atoms with Crippen LogP contribution in [0.4, 0.5) is 0 Å². The lowest BCUT2D eigenvalue weighted by Gasteiger charge is -2.37. The molecule has 1 aliphatic carbocycles. The molecule has 4 nitrogen and oxygen atoms in total. The van der Waals surface area contributed by atoms with Gasteiger partial charge in [0.1, 0.15) is 5.54 Å². The van der Waals surface area contributed by atoms with Crippen molar-refractivity contribution in [2.24, 2.45) is 5.92 Å². The molecule has 0 aromatic heterocycles. The van der Waals surface area contributed by atoms with Crippen LogP contribution in [0.2, 0.25) is 0 Å². The zero-order valence-corrected chi connectivity index (χ0v) is 13.3. The van der Waals surface area contributed by atoms with Gasteiger partial charge in [-0.1, -0.05) is 46.5 Å². The first-order valence-corrected chi connectivity index (χ1v) is 8.16. The number of nitrogens with one attached hydrogen (secondary N) is 2. The van der Waals surface area contributed by atoms with Crippen molar-refractivity contribution in [3.05, 3.63) is 0 Å². The molecule has 0 radical (unpaired) electrons. The molecular weight excluding hydrogens is 252 g/mol. The molecule has 2 amide bonds. The Hall–Kier alpha value is -1.06. The second kappa shape index (κ2) is 8.28. The van der Waals surface area contributed by atoms with Crippen molar-refractivity contribution in [2.75, 3.05) is 6.54 Å². The van der Waals surface area contributed by atoms with Crippen LogP contribution in [0.15, 0.2) is 0 Å². The summed E-state index contributed by atoms with van der Waals surface area (Å²) in [7, 11) is 0. The second-order valence-electron chi connectivity index (χ2n) is 6.05. The third-order valence-electron chi connectivity index (χ3n) is 4.38. The van der Waals surface area contributed by atoms with Crippen LogP contribution >= 0.6 is 0 Å². The van der Waals surface area contributed by atoms with Gasteiger partial charge in [0, 0.05) is 12.5 Å². The van der Waals surface area contributed by atoms with Gasteiger partial charge in [-0.05, 0) is 25.7 Å². The molecule has 116 valence electrons. The lowest BCUT2D eigenvalue weighted by molar-refractivity contribution is -0.136. The Kier molecular flexibility index (Phi) is 7.03. The normalized spacial score (nSPS) is 19.1. The van der Waals surface area contributed by atoms with E-state index in [9.17, 15) is 9.59 Å². The molecule has 0 heterocycles. The molecule has 1 rings (SSSR count). The van der Waals surface area contributed by atoms with E-state index >= 15 is 0 Å². The summed E-state index contributed by atoms with van der Waals surface area (Å²) in [4.78, 5) is 24.7. The summed E-state index contributed by atoms with van der Waals surface area (Å²) in [6, 6.07) is 0.